The highest BCUT2D eigenvalue weighted by atomic mass is 16.5. The molecule has 0 aliphatic rings. The zero-order valence-electron chi connectivity index (χ0n) is 25.3. The summed E-state index contributed by atoms with van der Waals surface area (Å²) in [5.74, 6) is 4.13. The summed E-state index contributed by atoms with van der Waals surface area (Å²) in [7, 11) is 0. The van der Waals surface area contributed by atoms with Crippen molar-refractivity contribution in [3.8, 4) is 34.5 Å². The van der Waals surface area contributed by atoms with Gasteiger partial charge in [0, 0.05) is 16.9 Å². The summed E-state index contributed by atoms with van der Waals surface area (Å²) in [5.41, 5.74) is 4.16. The van der Waals surface area contributed by atoms with Gasteiger partial charge in [-0.1, -0.05) is 82.3 Å². The molecule has 0 saturated carbocycles. The molecule has 0 amide bonds. The van der Waals surface area contributed by atoms with E-state index in [4.69, 9.17) is 29.8 Å². The molecule has 222 valence electrons. The Hall–Kier alpha value is -5.36. The first-order valence-electron chi connectivity index (χ1n) is 14.4. The van der Waals surface area contributed by atoms with Crippen LogP contribution in [0.1, 0.15) is 49.9 Å². The van der Waals surface area contributed by atoms with Gasteiger partial charge < -0.3 is 18.9 Å². The van der Waals surface area contributed by atoms with Gasteiger partial charge in [-0.2, -0.15) is 0 Å². The molecular weight excluding hydrogens is 548 g/mol. The van der Waals surface area contributed by atoms with Crippen LogP contribution in [0.15, 0.2) is 121 Å². The summed E-state index contributed by atoms with van der Waals surface area (Å²) in [6.07, 6.45) is 1.86. The van der Waals surface area contributed by atoms with Gasteiger partial charge in [0.1, 0.15) is 34.5 Å². The maximum Gasteiger partial charge on any atom is 0.173 e. The zero-order chi connectivity index (χ0) is 31.2. The summed E-state index contributed by atoms with van der Waals surface area (Å²) in [6.45, 7) is 8.71. The summed E-state index contributed by atoms with van der Waals surface area (Å²) >= 11 is 0. The zero-order valence-corrected chi connectivity index (χ0v) is 25.3. The van der Waals surface area contributed by atoms with Crippen LogP contribution in [0, 0.1) is 10.8 Å². The molecule has 0 bridgehead atoms. The van der Waals surface area contributed by atoms with E-state index in [1.165, 1.54) is 0 Å². The van der Waals surface area contributed by atoms with Crippen LogP contribution in [0.3, 0.4) is 0 Å². The Labute approximate surface area is 258 Å². The standard InChI is InChI=1S/C38H36N2O4/c1-37(2,27-8-16-31(17-9-27)41-25-39)29-12-20-33(21-13-29)43-35-6-5-7-36(24-35)44-34-22-14-30(15-23-34)38(3,4)28-10-18-32(19-11-28)42-26-40/h5-26,39-40H,1-4H3. The molecule has 0 atom stereocenters. The van der Waals surface area contributed by atoms with E-state index < -0.39 is 0 Å². The lowest BCUT2D eigenvalue weighted by atomic mass is 9.78. The van der Waals surface area contributed by atoms with Gasteiger partial charge in [0.2, 0.25) is 0 Å². The molecule has 5 aromatic carbocycles. The average molecular weight is 585 g/mol. The van der Waals surface area contributed by atoms with Gasteiger partial charge in [0.25, 0.3) is 0 Å². The van der Waals surface area contributed by atoms with Crippen LogP contribution in [0.5, 0.6) is 34.5 Å². The molecule has 0 fully saturated rings. The lowest BCUT2D eigenvalue weighted by Gasteiger charge is -2.26. The van der Waals surface area contributed by atoms with Gasteiger partial charge in [-0.15, -0.1) is 0 Å². The Bertz CT molecular complexity index is 1580. The summed E-state index contributed by atoms with van der Waals surface area (Å²) in [4.78, 5) is 0. The Morgan fingerprint density at radius 3 is 1.00 bits per heavy atom. The normalized spacial score (nSPS) is 11.4. The van der Waals surface area contributed by atoms with Gasteiger partial charge in [-0.05, 0) is 82.9 Å². The number of hydrogen-bond donors (Lipinski definition) is 2. The third-order valence-corrected chi connectivity index (χ3v) is 7.97. The van der Waals surface area contributed by atoms with E-state index in [2.05, 4.69) is 52.0 Å². The average Bonchev–Trinajstić information content (AvgIpc) is 3.03. The predicted molar refractivity (Wildman–Crippen MR) is 175 cm³/mol. The van der Waals surface area contributed by atoms with E-state index in [0.29, 0.717) is 23.0 Å². The molecule has 0 radical (unpaired) electrons. The molecule has 6 nitrogen and oxygen atoms in total. The summed E-state index contributed by atoms with van der Waals surface area (Å²) < 4.78 is 22.6. The van der Waals surface area contributed by atoms with E-state index in [0.717, 1.165) is 46.6 Å². The van der Waals surface area contributed by atoms with Crippen molar-refractivity contribution in [2.75, 3.05) is 0 Å². The first kappa shape index (κ1) is 30.1. The number of benzene rings is 5. The monoisotopic (exact) mass is 584 g/mol. The maximum atomic E-state index is 7.10. The first-order chi connectivity index (χ1) is 21.2. The summed E-state index contributed by atoms with van der Waals surface area (Å²) in [6, 6.07) is 39.5. The van der Waals surface area contributed by atoms with Crippen molar-refractivity contribution in [2.45, 2.75) is 38.5 Å². The van der Waals surface area contributed by atoms with E-state index in [1.54, 1.807) is 0 Å². The van der Waals surface area contributed by atoms with Crippen molar-refractivity contribution in [3.63, 3.8) is 0 Å². The Kier molecular flexibility index (Phi) is 8.81. The number of hydrogen-bond acceptors (Lipinski definition) is 6. The van der Waals surface area contributed by atoms with Crippen molar-refractivity contribution >= 4 is 12.8 Å². The van der Waals surface area contributed by atoms with Crippen LogP contribution < -0.4 is 18.9 Å². The highest BCUT2D eigenvalue weighted by Crippen LogP contribution is 2.36. The van der Waals surface area contributed by atoms with Crippen LogP contribution in [-0.4, -0.2) is 12.8 Å². The van der Waals surface area contributed by atoms with Gasteiger partial charge in [0.05, 0.1) is 0 Å². The fourth-order valence-corrected chi connectivity index (χ4v) is 5.12. The molecule has 0 heterocycles. The number of nitrogens with one attached hydrogen (secondary N) is 2. The number of ether oxygens (including phenoxy) is 4. The maximum absolute atomic E-state index is 7.10. The molecule has 0 unspecified atom stereocenters. The second kappa shape index (κ2) is 12.9. The molecule has 0 saturated heterocycles. The highest BCUT2D eigenvalue weighted by Gasteiger charge is 2.24. The van der Waals surface area contributed by atoms with Crippen molar-refractivity contribution in [3.05, 3.63) is 144 Å². The van der Waals surface area contributed by atoms with Crippen molar-refractivity contribution in [2.24, 2.45) is 0 Å². The van der Waals surface area contributed by atoms with Crippen LogP contribution in [0.25, 0.3) is 0 Å². The van der Waals surface area contributed by atoms with Gasteiger partial charge in [0.15, 0.2) is 12.8 Å². The van der Waals surface area contributed by atoms with Gasteiger partial charge >= 0.3 is 0 Å². The van der Waals surface area contributed by atoms with Crippen LogP contribution in [0.4, 0.5) is 0 Å². The Morgan fingerprint density at radius 1 is 0.409 bits per heavy atom. The molecule has 0 spiro atoms. The van der Waals surface area contributed by atoms with Crippen molar-refractivity contribution < 1.29 is 18.9 Å². The fourth-order valence-electron chi connectivity index (χ4n) is 5.12. The molecule has 2 N–H and O–H groups in total. The largest absolute Gasteiger partial charge is 0.457 e. The third kappa shape index (κ3) is 6.81. The second-order valence-electron chi connectivity index (χ2n) is 11.5. The van der Waals surface area contributed by atoms with Crippen molar-refractivity contribution in [1.29, 1.82) is 10.8 Å². The van der Waals surface area contributed by atoms with Gasteiger partial charge in [-0.3, -0.25) is 10.8 Å². The molecule has 6 heteroatoms. The molecular formula is C38H36N2O4. The van der Waals surface area contributed by atoms with Crippen LogP contribution in [-0.2, 0) is 10.8 Å². The lowest BCUT2D eigenvalue weighted by Crippen LogP contribution is -2.18. The van der Waals surface area contributed by atoms with Crippen LogP contribution >= 0.6 is 0 Å². The highest BCUT2D eigenvalue weighted by molar-refractivity contribution is 5.51. The lowest BCUT2D eigenvalue weighted by molar-refractivity contribution is 0.459. The molecule has 5 rings (SSSR count). The van der Waals surface area contributed by atoms with E-state index in [-0.39, 0.29) is 10.8 Å². The first-order valence-corrected chi connectivity index (χ1v) is 14.4. The molecule has 0 aromatic heterocycles. The Balaban J connectivity index is 1.23. The molecule has 0 aliphatic carbocycles. The SMILES string of the molecule is CC(C)(c1ccc(OC=N)cc1)c1ccc(Oc2cccc(Oc3ccc(C(C)(C)c4ccc(OC=N)cc4)cc3)c2)cc1. The minimum atomic E-state index is -0.221. The van der Waals surface area contributed by atoms with Crippen molar-refractivity contribution in [1.82, 2.24) is 0 Å². The van der Waals surface area contributed by atoms with E-state index in [1.807, 2.05) is 97.1 Å². The molecule has 0 aliphatic heterocycles. The third-order valence-electron chi connectivity index (χ3n) is 7.97. The molecule has 44 heavy (non-hydrogen) atoms. The topological polar surface area (TPSA) is 84.6 Å². The summed E-state index contributed by atoms with van der Waals surface area (Å²) in [5, 5.41) is 14.2. The molecule has 5 aromatic rings. The second-order valence-corrected chi connectivity index (χ2v) is 11.5. The predicted octanol–water partition coefficient (Wildman–Crippen LogP) is 9.89. The minimum Gasteiger partial charge on any atom is -0.457 e. The Morgan fingerprint density at radius 2 is 0.705 bits per heavy atom. The number of rotatable bonds is 12. The quantitative estimate of drug-likeness (QED) is 0.113. The smallest absolute Gasteiger partial charge is 0.173 e. The van der Waals surface area contributed by atoms with Crippen LogP contribution in [0.2, 0.25) is 0 Å². The minimum absolute atomic E-state index is 0.221. The van der Waals surface area contributed by atoms with Gasteiger partial charge in [-0.25, -0.2) is 0 Å². The fraction of sp³-hybridized carbons (Fsp3) is 0.158. The van der Waals surface area contributed by atoms with E-state index in [9.17, 15) is 0 Å². The van der Waals surface area contributed by atoms with E-state index >= 15 is 0 Å².